The Hall–Kier alpha value is -2.89. The number of Topliss-reactive ketones (excluding diaryl/α,β-unsaturated/α-hetero) is 1. The first-order valence-electron chi connectivity index (χ1n) is 9.53. The Morgan fingerprint density at radius 2 is 1.86 bits per heavy atom. The van der Waals surface area contributed by atoms with Crippen LogP contribution in [0, 0.1) is 12.3 Å². The van der Waals surface area contributed by atoms with E-state index < -0.39 is 5.97 Å². The molecule has 1 aromatic heterocycles. The number of ketones is 1. The minimum Gasteiger partial charge on any atom is -0.453 e. The van der Waals surface area contributed by atoms with Crippen LogP contribution in [0.2, 0.25) is 0 Å². The van der Waals surface area contributed by atoms with Crippen molar-refractivity contribution in [1.29, 1.82) is 0 Å². The van der Waals surface area contributed by atoms with Crippen LogP contribution in [0.3, 0.4) is 0 Å². The molecule has 28 heavy (non-hydrogen) atoms. The lowest BCUT2D eigenvalue weighted by atomic mass is 9.76. The summed E-state index contributed by atoms with van der Waals surface area (Å²) in [5.41, 5.74) is 1.67. The Bertz CT molecular complexity index is 968. The highest BCUT2D eigenvalue weighted by Crippen LogP contribution is 2.38. The molecule has 0 N–H and O–H groups in total. The number of amides is 1. The summed E-state index contributed by atoms with van der Waals surface area (Å²) in [6.45, 7) is 6.45. The van der Waals surface area contributed by atoms with Gasteiger partial charge in [-0.15, -0.1) is 0 Å². The molecule has 0 bridgehead atoms. The molecule has 146 valence electrons. The van der Waals surface area contributed by atoms with Gasteiger partial charge in [-0.1, -0.05) is 13.8 Å². The summed E-state index contributed by atoms with van der Waals surface area (Å²) < 4.78 is 11.2. The number of nitrogens with zero attached hydrogens (tertiary/aromatic N) is 1. The van der Waals surface area contributed by atoms with Gasteiger partial charge in [0.2, 0.25) is 11.7 Å². The average Bonchev–Trinajstić information content (AvgIpc) is 3.18. The molecule has 1 aliphatic heterocycles. The summed E-state index contributed by atoms with van der Waals surface area (Å²) in [5.74, 6) is 0.493. The zero-order valence-electron chi connectivity index (χ0n) is 16.3. The molecule has 0 radical (unpaired) electrons. The molecule has 2 aromatic rings. The van der Waals surface area contributed by atoms with Gasteiger partial charge in [0.05, 0.1) is 5.56 Å². The number of fused-ring (bicyclic) bond motifs is 1. The molecule has 1 amide bonds. The van der Waals surface area contributed by atoms with Gasteiger partial charge in [-0.3, -0.25) is 9.59 Å². The molecule has 6 nitrogen and oxygen atoms in total. The SMILES string of the molecule is Cc1c(C(=O)Oc2ccc(N3CCCC3=O)cc2)oc2c1C(=O)CC(C)(C)C2. The number of hydrogen-bond donors (Lipinski definition) is 0. The van der Waals surface area contributed by atoms with Crippen LogP contribution in [0.5, 0.6) is 5.75 Å². The number of furan rings is 1. The van der Waals surface area contributed by atoms with Crippen molar-refractivity contribution in [2.45, 2.75) is 46.5 Å². The van der Waals surface area contributed by atoms with E-state index in [2.05, 4.69) is 0 Å². The molecule has 1 saturated heterocycles. The monoisotopic (exact) mass is 381 g/mol. The second-order valence-electron chi connectivity index (χ2n) is 8.33. The summed E-state index contributed by atoms with van der Waals surface area (Å²) in [6, 6.07) is 6.84. The first-order valence-corrected chi connectivity index (χ1v) is 9.53. The van der Waals surface area contributed by atoms with Crippen LogP contribution in [0.15, 0.2) is 28.7 Å². The molecule has 0 saturated carbocycles. The van der Waals surface area contributed by atoms with Crippen molar-refractivity contribution in [2.75, 3.05) is 11.4 Å². The molecule has 1 fully saturated rings. The standard InChI is InChI=1S/C22H23NO5/c1-13-19-16(24)11-22(2,3)12-17(19)28-20(13)21(26)27-15-8-6-14(7-9-15)23-10-4-5-18(23)25/h6-9H,4-5,10-12H2,1-3H3. The summed E-state index contributed by atoms with van der Waals surface area (Å²) >= 11 is 0. The van der Waals surface area contributed by atoms with Gasteiger partial charge in [-0.25, -0.2) is 4.79 Å². The fourth-order valence-electron chi connectivity index (χ4n) is 4.05. The minimum absolute atomic E-state index is 0.00573. The summed E-state index contributed by atoms with van der Waals surface area (Å²) in [6.07, 6.45) is 2.47. The number of anilines is 1. The summed E-state index contributed by atoms with van der Waals surface area (Å²) in [5, 5.41) is 0. The molecule has 2 aliphatic rings. The van der Waals surface area contributed by atoms with Crippen molar-refractivity contribution in [3.05, 3.63) is 46.9 Å². The van der Waals surface area contributed by atoms with Crippen molar-refractivity contribution >= 4 is 23.3 Å². The van der Waals surface area contributed by atoms with Crippen LogP contribution in [0.25, 0.3) is 0 Å². The zero-order chi connectivity index (χ0) is 20.1. The zero-order valence-corrected chi connectivity index (χ0v) is 16.3. The van der Waals surface area contributed by atoms with Crippen LogP contribution < -0.4 is 9.64 Å². The van der Waals surface area contributed by atoms with Crippen LogP contribution in [0.4, 0.5) is 5.69 Å². The van der Waals surface area contributed by atoms with Gasteiger partial charge >= 0.3 is 5.97 Å². The van der Waals surface area contributed by atoms with Crippen LogP contribution >= 0.6 is 0 Å². The first-order chi connectivity index (χ1) is 13.2. The van der Waals surface area contributed by atoms with E-state index in [1.807, 2.05) is 13.8 Å². The number of carbonyl (C=O) groups excluding carboxylic acids is 3. The predicted molar refractivity (Wildman–Crippen MR) is 103 cm³/mol. The van der Waals surface area contributed by atoms with Crippen molar-refractivity contribution in [1.82, 2.24) is 0 Å². The second-order valence-corrected chi connectivity index (χ2v) is 8.33. The van der Waals surface area contributed by atoms with Gasteiger partial charge in [0, 0.05) is 37.1 Å². The molecule has 1 aliphatic carbocycles. The summed E-state index contributed by atoms with van der Waals surface area (Å²) in [4.78, 5) is 38.6. The number of benzene rings is 1. The maximum Gasteiger partial charge on any atom is 0.379 e. The Balaban J connectivity index is 1.53. The predicted octanol–water partition coefficient (Wildman–Crippen LogP) is 4.09. The van der Waals surface area contributed by atoms with Gasteiger partial charge in [0.1, 0.15) is 11.5 Å². The van der Waals surface area contributed by atoms with E-state index in [0.717, 1.165) is 12.1 Å². The van der Waals surface area contributed by atoms with E-state index in [1.54, 1.807) is 36.1 Å². The average molecular weight is 381 g/mol. The Labute approximate surface area is 163 Å². The van der Waals surface area contributed by atoms with Gasteiger partial charge in [-0.05, 0) is 43.0 Å². The van der Waals surface area contributed by atoms with Gasteiger partial charge in [-0.2, -0.15) is 0 Å². The first kappa shape index (κ1) is 18.5. The maximum absolute atomic E-state index is 12.6. The highest BCUT2D eigenvalue weighted by Gasteiger charge is 2.37. The number of esters is 1. The molecule has 0 atom stereocenters. The number of hydrogen-bond acceptors (Lipinski definition) is 5. The lowest BCUT2D eigenvalue weighted by Crippen LogP contribution is -2.26. The second kappa shape index (κ2) is 6.62. The smallest absolute Gasteiger partial charge is 0.379 e. The van der Waals surface area contributed by atoms with Crippen LogP contribution in [-0.4, -0.2) is 24.2 Å². The third-order valence-electron chi connectivity index (χ3n) is 5.39. The van der Waals surface area contributed by atoms with Crippen molar-refractivity contribution in [3.8, 4) is 5.75 Å². The lowest BCUT2D eigenvalue weighted by molar-refractivity contribution is -0.117. The third-order valence-corrected chi connectivity index (χ3v) is 5.39. The van der Waals surface area contributed by atoms with E-state index >= 15 is 0 Å². The van der Waals surface area contributed by atoms with E-state index in [-0.39, 0.29) is 22.9 Å². The quantitative estimate of drug-likeness (QED) is 0.591. The van der Waals surface area contributed by atoms with Gasteiger partial charge < -0.3 is 14.1 Å². The largest absolute Gasteiger partial charge is 0.453 e. The molecular formula is C22H23NO5. The van der Waals surface area contributed by atoms with E-state index in [0.29, 0.717) is 48.4 Å². The maximum atomic E-state index is 12.6. The van der Waals surface area contributed by atoms with E-state index in [1.165, 1.54) is 0 Å². The number of carbonyl (C=O) groups is 3. The van der Waals surface area contributed by atoms with Gasteiger partial charge in [0.15, 0.2) is 5.78 Å². The Kier molecular flexibility index (Phi) is 4.37. The van der Waals surface area contributed by atoms with Gasteiger partial charge in [0.25, 0.3) is 0 Å². The Morgan fingerprint density at radius 3 is 2.50 bits per heavy atom. The number of ether oxygens (including phenoxy) is 1. The molecule has 1 aromatic carbocycles. The van der Waals surface area contributed by atoms with Crippen molar-refractivity contribution in [3.63, 3.8) is 0 Å². The summed E-state index contributed by atoms with van der Waals surface area (Å²) in [7, 11) is 0. The highest BCUT2D eigenvalue weighted by molar-refractivity contribution is 6.03. The number of rotatable bonds is 3. The Morgan fingerprint density at radius 1 is 1.14 bits per heavy atom. The minimum atomic E-state index is -0.623. The highest BCUT2D eigenvalue weighted by atomic mass is 16.5. The molecule has 2 heterocycles. The van der Waals surface area contributed by atoms with E-state index in [4.69, 9.17) is 9.15 Å². The van der Waals surface area contributed by atoms with Crippen molar-refractivity contribution in [2.24, 2.45) is 5.41 Å². The lowest BCUT2D eigenvalue weighted by Gasteiger charge is -2.27. The molecule has 0 spiro atoms. The van der Waals surface area contributed by atoms with Crippen LogP contribution in [0.1, 0.15) is 65.3 Å². The molecule has 6 heteroatoms. The molecule has 4 rings (SSSR count). The fraction of sp³-hybridized carbons (Fsp3) is 0.409. The van der Waals surface area contributed by atoms with Crippen LogP contribution in [-0.2, 0) is 11.2 Å². The topological polar surface area (TPSA) is 76.8 Å². The third kappa shape index (κ3) is 3.23. The van der Waals surface area contributed by atoms with Crippen molar-refractivity contribution < 1.29 is 23.5 Å². The molecule has 0 unspecified atom stereocenters. The normalized spacial score (nSPS) is 18.3. The fourth-order valence-corrected chi connectivity index (χ4v) is 4.05. The van der Waals surface area contributed by atoms with E-state index in [9.17, 15) is 14.4 Å². The molecular weight excluding hydrogens is 358 g/mol.